The molecule has 8 nitrogen and oxygen atoms in total. The second kappa shape index (κ2) is 7.55. The first-order valence-corrected chi connectivity index (χ1v) is 10.5. The number of morpholine rings is 1. The third kappa shape index (κ3) is 3.41. The van der Waals surface area contributed by atoms with Crippen LogP contribution < -0.4 is 15.5 Å². The number of carbonyl (C=O) groups excluding carboxylic acids is 3. The minimum Gasteiger partial charge on any atom is -0.378 e. The van der Waals surface area contributed by atoms with Crippen molar-refractivity contribution < 1.29 is 19.1 Å². The Morgan fingerprint density at radius 3 is 2.45 bits per heavy atom. The van der Waals surface area contributed by atoms with Gasteiger partial charge in [0.05, 0.1) is 19.8 Å². The highest BCUT2D eigenvalue weighted by molar-refractivity contribution is 6.31. The van der Waals surface area contributed by atoms with Gasteiger partial charge in [-0.15, -0.1) is 0 Å². The number of carbonyl (C=O) groups is 3. The molecule has 3 heterocycles. The lowest BCUT2D eigenvalue weighted by Gasteiger charge is -2.32. The Hall–Kier alpha value is -3.10. The maximum atomic E-state index is 13.0. The van der Waals surface area contributed by atoms with Crippen LogP contribution in [0.1, 0.15) is 21.5 Å². The molecule has 3 aliphatic heterocycles. The number of ether oxygens (including phenoxy) is 1. The van der Waals surface area contributed by atoms with Crippen LogP contribution in [0.5, 0.6) is 0 Å². The van der Waals surface area contributed by atoms with Crippen LogP contribution in [0.25, 0.3) is 0 Å². The first kappa shape index (κ1) is 19.8. The van der Waals surface area contributed by atoms with Crippen molar-refractivity contribution in [3.8, 4) is 0 Å². The number of nitrogens with one attached hydrogen (secondary N) is 2. The number of fused-ring (bicyclic) bond motifs is 1. The number of hydrogen-bond donors (Lipinski definition) is 2. The minimum atomic E-state index is -1.36. The molecule has 1 atom stereocenters. The summed E-state index contributed by atoms with van der Waals surface area (Å²) in [5, 5.41) is 5.57. The normalized spacial score (nSPS) is 23.1. The second-order valence-electron chi connectivity index (χ2n) is 7.92. The lowest BCUT2D eigenvalue weighted by molar-refractivity contribution is -0.124. The van der Waals surface area contributed by atoms with Crippen LogP contribution in [0.3, 0.4) is 0 Å². The van der Waals surface area contributed by atoms with Crippen molar-refractivity contribution in [1.82, 2.24) is 15.5 Å². The van der Waals surface area contributed by atoms with E-state index in [1.807, 2.05) is 30.3 Å². The number of imide groups is 1. The summed E-state index contributed by atoms with van der Waals surface area (Å²) in [6, 6.07) is 12.1. The molecule has 9 heteroatoms. The van der Waals surface area contributed by atoms with Gasteiger partial charge in [-0.2, -0.15) is 0 Å². The molecule has 31 heavy (non-hydrogen) atoms. The van der Waals surface area contributed by atoms with E-state index in [-0.39, 0.29) is 12.5 Å². The number of amides is 4. The van der Waals surface area contributed by atoms with E-state index in [1.54, 1.807) is 17.0 Å². The third-order valence-electron chi connectivity index (χ3n) is 6.06. The van der Waals surface area contributed by atoms with Gasteiger partial charge in [0.15, 0.2) is 5.54 Å². The number of hydrogen-bond acceptors (Lipinski definition) is 5. The van der Waals surface area contributed by atoms with E-state index < -0.39 is 17.5 Å². The van der Waals surface area contributed by atoms with Crippen LogP contribution in [-0.2, 0) is 21.6 Å². The Labute approximate surface area is 184 Å². The van der Waals surface area contributed by atoms with Crippen LogP contribution in [-0.4, -0.2) is 55.6 Å². The average molecular weight is 441 g/mol. The van der Waals surface area contributed by atoms with Crippen molar-refractivity contribution in [2.75, 3.05) is 37.7 Å². The van der Waals surface area contributed by atoms with Crippen LogP contribution in [0, 0.1) is 0 Å². The molecule has 3 aliphatic rings. The first-order valence-electron chi connectivity index (χ1n) is 10.1. The summed E-state index contributed by atoms with van der Waals surface area (Å²) in [7, 11) is 0. The maximum Gasteiger partial charge on any atom is 0.322 e. The smallest absolute Gasteiger partial charge is 0.322 e. The molecule has 0 spiro atoms. The highest BCUT2D eigenvalue weighted by Crippen LogP contribution is 2.33. The Balaban J connectivity index is 1.45. The van der Waals surface area contributed by atoms with Crippen LogP contribution >= 0.6 is 11.6 Å². The summed E-state index contributed by atoms with van der Waals surface area (Å²) in [5.41, 5.74) is 1.65. The van der Waals surface area contributed by atoms with E-state index in [1.165, 1.54) is 0 Å². The average Bonchev–Trinajstić information content (AvgIpc) is 3.24. The van der Waals surface area contributed by atoms with Gasteiger partial charge < -0.3 is 19.9 Å². The number of benzene rings is 2. The Morgan fingerprint density at radius 1 is 1.03 bits per heavy atom. The molecule has 2 aromatic carbocycles. The second-order valence-corrected chi connectivity index (χ2v) is 8.36. The predicted octanol–water partition coefficient (Wildman–Crippen LogP) is 1.87. The van der Waals surface area contributed by atoms with Gasteiger partial charge in [-0.25, -0.2) is 4.79 Å². The molecule has 2 saturated heterocycles. The van der Waals surface area contributed by atoms with Crippen LogP contribution in [0.4, 0.5) is 10.5 Å². The summed E-state index contributed by atoms with van der Waals surface area (Å²) < 4.78 is 5.40. The molecular formula is C22H21ClN4O4. The molecule has 2 fully saturated rings. The number of urea groups is 1. The molecule has 1 unspecified atom stereocenters. The van der Waals surface area contributed by atoms with E-state index in [9.17, 15) is 14.4 Å². The number of anilines is 1. The predicted molar refractivity (Wildman–Crippen MR) is 114 cm³/mol. The van der Waals surface area contributed by atoms with Gasteiger partial charge >= 0.3 is 6.03 Å². The fourth-order valence-electron chi connectivity index (χ4n) is 4.42. The SMILES string of the molecule is O=C1NC(=O)C(CN2Cc3ccc(Cl)cc3C2=O)(c2ccc(N3CCOCC3)cc2)N1. The monoisotopic (exact) mass is 440 g/mol. The molecule has 0 radical (unpaired) electrons. The van der Waals surface area contributed by atoms with Gasteiger partial charge in [-0.3, -0.25) is 14.9 Å². The fraction of sp³-hybridized carbons (Fsp3) is 0.318. The van der Waals surface area contributed by atoms with E-state index in [0.717, 1.165) is 24.3 Å². The molecule has 4 amide bonds. The zero-order chi connectivity index (χ0) is 21.6. The molecule has 5 rings (SSSR count). The Kier molecular flexibility index (Phi) is 4.83. The molecule has 0 aromatic heterocycles. The lowest BCUT2D eigenvalue weighted by Crippen LogP contribution is -2.52. The number of nitrogens with zero attached hydrogens (tertiary/aromatic N) is 2. The van der Waals surface area contributed by atoms with Gasteiger partial charge in [0, 0.05) is 35.9 Å². The highest BCUT2D eigenvalue weighted by Gasteiger charge is 2.50. The van der Waals surface area contributed by atoms with Crippen LogP contribution in [0.15, 0.2) is 42.5 Å². The van der Waals surface area contributed by atoms with E-state index in [0.29, 0.717) is 35.9 Å². The van der Waals surface area contributed by atoms with Crippen molar-refractivity contribution in [2.45, 2.75) is 12.1 Å². The van der Waals surface area contributed by atoms with Crippen molar-refractivity contribution >= 4 is 35.1 Å². The lowest BCUT2D eigenvalue weighted by atomic mass is 9.89. The quantitative estimate of drug-likeness (QED) is 0.708. The van der Waals surface area contributed by atoms with E-state index in [4.69, 9.17) is 16.3 Å². The summed E-state index contributed by atoms with van der Waals surface area (Å²) in [6.45, 7) is 3.31. The van der Waals surface area contributed by atoms with Gasteiger partial charge in [0.2, 0.25) is 0 Å². The Bertz CT molecular complexity index is 1070. The highest BCUT2D eigenvalue weighted by atomic mass is 35.5. The van der Waals surface area contributed by atoms with Crippen molar-refractivity contribution in [3.63, 3.8) is 0 Å². The molecule has 2 N–H and O–H groups in total. The van der Waals surface area contributed by atoms with Gasteiger partial charge in [-0.05, 0) is 35.4 Å². The van der Waals surface area contributed by atoms with Gasteiger partial charge in [0.1, 0.15) is 0 Å². The third-order valence-corrected chi connectivity index (χ3v) is 6.29. The zero-order valence-electron chi connectivity index (χ0n) is 16.7. The maximum absolute atomic E-state index is 13.0. The molecule has 0 aliphatic carbocycles. The summed E-state index contributed by atoms with van der Waals surface area (Å²) in [4.78, 5) is 41.8. The molecule has 2 aromatic rings. The van der Waals surface area contributed by atoms with Crippen molar-refractivity contribution in [1.29, 1.82) is 0 Å². The number of rotatable bonds is 4. The molecule has 0 bridgehead atoms. The minimum absolute atomic E-state index is 0.0204. The van der Waals surface area contributed by atoms with E-state index in [2.05, 4.69) is 15.5 Å². The summed E-state index contributed by atoms with van der Waals surface area (Å²) in [6.07, 6.45) is 0. The van der Waals surface area contributed by atoms with Crippen molar-refractivity contribution in [3.05, 3.63) is 64.2 Å². The fourth-order valence-corrected chi connectivity index (χ4v) is 4.60. The number of halogens is 1. The van der Waals surface area contributed by atoms with Crippen molar-refractivity contribution in [2.24, 2.45) is 0 Å². The zero-order valence-corrected chi connectivity index (χ0v) is 17.4. The van der Waals surface area contributed by atoms with Crippen LogP contribution in [0.2, 0.25) is 5.02 Å². The van der Waals surface area contributed by atoms with E-state index >= 15 is 0 Å². The first-order chi connectivity index (χ1) is 15.0. The summed E-state index contributed by atoms with van der Waals surface area (Å²) in [5.74, 6) is -0.686. The topological polar surface area (TPSA) is 91.0 Å². The molecule has 0 saturated carbocycles. The summed E-state index contributed by atoms with van der Waals surface area (Å²) >= 11 is 6.05. The Morgan fingerprint density at radius 2 is 1.77 bits per heavy atom. The standard InChI is InChI=1S/C22H21ClN4O4/c23-16-4-1-14-12-27(19(28)18(14)11-16)13-22(20(29)24-21(30)25-22)15-2-5-17(6-3-15)26-7-9-31-10-8-26/h1-6,11H,7-10,12-13H2,(H2,24,25,29,30). The molecule has 160 valence electrons. The molecular weight excluding hydrogens is 420 g/mol. The van der Waals surface area contributed by atoms with Gasteiger partial charge in [0.25, 0.3) is 11.8 Å². The van der Waals surface area contributed by atoms with Gasteiger partial charge in [-0.1, -0.05) is 29.8 Å². The largest absolute Gasteiger partial charge is 0.378 e.